The molecule has 0 saturated heterocycles. The Morgan fingerprint density at radius 1 is 1.86 bits per heavy atom. The highest BCUT2D eigenvalue weighted by atomic mass is 35.5. The lowest BCUT2D eigenvalue weighted by molar-refractivity contribution is 0.0972. The van der Waals surface area contributed by atoms with Gasteiger partial charge in [0.25, 0.3) is 0 Å². The Labute approximate surface area is 45.8 Å². The number of carbonyl (C=O) groups is 1. The first-order valence-corrected chi connectivity index (χ1v) is 2.22. The van der Waals surface area contributed by atoms with E-state index in [1.165, 1.54) is 0 Å². The van der Waals surface area contributed by atoms with Gasteiger partial charge in [0.05, 0.1) is 5.88 Å². The normalized spacial score (nSPS) is 8.14. The van der Waals surface area contributed by atoms with E-state index in [-0.39, 0.29) is 12.5 Å². The van der Waals surface area contributed by atoms with Crippen LogP contribution < -0.4 is 0 Å². The van der Waals surface area contributed by atoms with Gasteiger partial charge in [-0.25, -0.2) is 4.79 Å². The predicted molar refractivity (Wildman–Crippen MR) is 24.7 cm³/mol. The van der Waals surface area contributed by atoms with Crippen LogP contribution in [0, 0.1) is 0 Å². The molecular formula is C3H5ClO3. The third-order valence-electron chi connectivity index (χ3n) is 0.303. The number of ether oxygens (including phenoxy) is 1. The van der Waals surface area contributed by atoms with E-state index < -0.39 is 6.16 Å². The standard InChI is InChI=1S/C3H5ClO3/c4-1-2-7-3(5)6/h1-2H2,(H,5,6). The van der Waals surface area contributed by atoms with E-state index in [9.17, 15) is 4.79 Å². The van der Waals surface area contributed by atoms with Crippen LogP contribution >= 0.6 is 11.6 Å². The van der Waals surface area contributed by atoms with Crippen molar-refractivity contribution in [1.29, 1.82) is 0 Å². The zero-order valence-corrected chi connectivity index (χ0v) is 4.31. The average Bonchev–Trinajstić information content (AvgIpc) is 1.61. The van der Waals surface area contributed by atoms with Gasteiger partial charge in [-0.1, -0.05) is 0 Å². The number of alkyl halides is 1. The Morgan fingerprint density at radius 3 is 2.57 bits per heavy atom. The molecule has 0 radical (unpaired) electrons. The smallest absolute Gasteiger partial charge is 0.450 e. The van der Waals surface area contributed by atoms with Crippen LogP contribution in [0.5, 0.6) is 0 Å². The van der Waals surface area contributed by atoms with E-state index in [4.69, 9.17) is 16.7 Å². The van der Waals surface area contributed by atoms with Crippen molar-refractivity contribution in [2.75, 3.05) is 12.5 Å². The number of hydrogen-bond acceptors (Lipinski definition) is 2. The topological polar surface area (TPSA) is 46.5 Å². The van der Waals surface area contributed by atoms with Crippen LogP contribution in [0.4, 0.5) is 4.79 Å². The Bertz CT molecular complexity index is 63.2. The molecule has 0 spiro atoms. The minimum Gasteiger partial charge on any atom is -0.450 e. The molecule has 0 aliphatic rings. The summed E-state index contributed by atoms with van der Waals surface area (Å²) < 4.78 is 3.98. The highest BCUT2D eigenvalue weighted by Crippen LogP contribution is 1.77. The second-order valence-corrected chi connectivity index (χ2v) is 1.18. The third-order valence-corrected chi connectivity index (χ3v) is 0.457. The molecule has 0 aromatic carbocycles. The van der Waals surface area contributed by atoms with E-state index in [2.05, 4.69) is 4.74 Å². The predicted octanol–water partition coefficient (Wildman–Crippen LogP) is 0.920. The highest BCUT2D eigenvalue weighted by Gasteiger charge is 1.90. The number of hydrogen-bond donors (Lipinski definition) is 1. The van der Waals surface area contributed by atoms with Crippen LogP contribution in [-0.2, 0) is 4.74 Å². The quantitative estimate of drug-likeness (QED) is 0.440. The summed E-state index contributed by atoms with van der Waals surface area (Å²) in [5.74, 6) is 0.215. The van der Waals surface area contributed by atoms with Crippen LogP contribution in [0.15, 0.2) is 0 Å². The summed E-state index contributed by atoms with van der Waals surface area (Å²) in [6, 6.07) is 0. The van der Waals surface area contributed by atoms with E-state index in [0.29, 0.717) is 0 Å². The number of carboxylic acid groups (broad SMARTS) is 1. The van der Waals surface area contributed by atoms with Crippen molar-refractivity contribution in [3.8, 4) is 0 Å². The molecule has 0 saturated carbocycles. The van der Waals surface area contributed by atoms with Gasteiger partial charge in [-0.05, 0) is 0 Å². The zero-order valence-electron chi connectivity index (χ0n) is 3.56. The molecule has 0 aromatic rings. The summed E-state index contributed by atoms with van der Waals surface area (Å²) in [5.41, 5.74) is 0. The zero-order chi connectivity index (χ0) is 5.70. The first-order valence-electron chi connectivity index (χ1n) is 1.69. The number of halogens is 1. The van der Waals surface area contributed by atoms with Gasteiger partial charge < -0.3 is 9.84 Å². The molecule has 42 valence electrons. The molecule has 0 amide bonds. The lowest BCUT2D eigenvalue weighted by Gasteiger charge is -1.90. The van der Waals surface area contributed by atoms with Gasteiger partial charge >= 0.3 is 6.16 Å². The molecule has 0 atom stereocenters. The van der Waals surface area contributed by atoms with E-state index in [0.717, 1.165) is 0 Å². The van der Waals surface area contributed by atoms with Gasteiger partial charge in [0.15, 0.2) is 0 Å². The van der Waals surface area contributed by atoms with Crippen molar-refractivity contribution in [3.05, 3.63) is 0 Å². The van der Waals surface area contributed by atoms with Crippen molar-refractivity contribution in [2.45, 2.75) is 0 Å². The molecule has 0 bridgehead atoms. The largest absolute Gasteiger partial charge is 0.505 e. The van der Waals surface area contributed by atoms with Crippen LogP contribution in [0.2, 0.25) is 0 Å². The lowest BCUT2D eigenvalue weighted by Crippen LogP contribution is -2.01. The van der Waals surface area contributed by atoms with Crippen molar-refractivity contribution < 1.29 is 14.6 Å². The van der Waals surface area contributed by atoms with Gasteiger partial charge in [-0.3, -0.25) is 0 Å². The van der Waals surface area contributed by atoms with Gasteiger partial charge in [-0.2, -0.15) is 0 Å². The molecule has 0 rings (SSSR count). The van der Waals surface area contributed by atoms with E-state index >= 15 is 0 Å². The van der Waals surface area contributed by atoms with Gasteiger partial charge in [0.2, 0.25) is 0 Å². The molecule has 0 aromatic heterocycles. The maximum absolute atomic E-state index is 9.48. The Balaban J connectivity index is 2.82. The third kappa shape index (κ3) is 5.56. The second kappa shape index (κ2) is 3.74. The fourth-order valence-corrected chi connectivity index (χ4v) is 0.203. The molecule has 0 aliphatic heterocycles. The van der Waals surface area contributed by atoms with Gasteiger partial charge in [0, 0.05) is 0 Å². The maximum Gasteiger partial charge on any atom is 0.505 e. The summed E-state index contributed by atoms with van der Waals surface area (Å²) >= 11 is 5.06. The Kier molecular flexibility index (Phi) is 3.50. The van der Waals surface area contributed by atoms with E-state index in [1.807, 2.05) is 0 Å². The highest BCUT2D eigenvalue weighted by molar-refractivity contribution is 6.18. The van der Waals surface area contributed by atoms with Gasteiger partial charge in [0.1, 0.15) is 6.61 Å². The van der Waals surface area contributed by atoms with Crippen LogP contribution in [0.3, 0.4) is 0 Å². The Morgan fingerprint density at radius 2 is 2.43 bits per heavy atom. The summed E-state index contributed by atoms with van der Waals surface area (Å²) in [6.07, 6.45) is -1.28. The monoisotopic (exact) mass is 124 g/mol. The van der Waals surface area contributed by atoms with Crippen molar-refractivity contribution in [2.24, 2.45) is 0 Å². The van der Waals surface area contributed by atoms with Crippen molar-refractivity contribution in [1.82, 2.24) is 0 Å². The molecule has 3 nitrogen and oxygen atoms in total. The first kappa shape index (κ1) is 6.56. The summed E-state index contributed by atoms with van der Waals surface area (Å²) in [6.45, 7) is 0.0664. The fraction of sp³-hybridized carbons (Fsp3) is 0.667. The second-order valence-electron chi connectivity index (χ2n) is 0.803. The number of rotatable bonds is 2. The van der Waals surface area contributed by atoms with Crippen LogP contribution in [-0.4, -0.2) is 23.7 Å². The summed E-state index contributed by atoms with van der Waals surface area (Å²) in [7, 11) is 0. The minimum atomic E-state index is -1.28. The molecule has 4 heteroatoms. The Hall–Kier alpha value is -0.440. The van der Waals surface area contributed by atoms with Crippen LogP contribution in [0.1, 0.15) is 0 Å². The summed E-state index contributed by atoms with van der Waals surface area (Å²) in [5, 5.41) is 7.76. The van der Waals surface area contributed by atoms with Crippen molar-refractivity contribution >= 4 is 17.8 Å². The average molecular weight is 125 g/mol. The lowest BCUT2D eigenvalue weighted by atomic mass is 10.9. The molecule has 0 fully saturated rings. The molecule has 7 heavy (non-hydrogen) atoms. The minimum absolute atomic E-state index is 0.0664. The molecule has 1 N–H and O–H groups in total. The van der Waals surface area contributed by atoms with Gasteiger partial charge in [-0.15, -0.1) is 11.6 Å². The molecule has 0 aliphatic carbocycles. The van der Waals surface area contributed by atoms with Crippen LogP contribution in [0.25, 0.3) is 0 Å². The maximum atomic E-state index is 9.48. The molecular weight excluding hydrogens is 119 g/mol. The van der Waals surface area contributed by atoms with E-state index in [1.54, 1.807) is 0 Å². The summed E-state index contributed by atoms with van der Waals surface area (Å²) in [4.78, 5) is 9.48. The van der Waals surface area contributed by atoms with Crippen molar-refractivity contribution in [3.63, 3.8) is 0 Å². The molecule has 0 unspecified atom stereocenters. The fourth-order valence-electron chi connectivity index (χ4n) is 0.126. The SMILES string of the molecule is O=C(O)OCCCl. The first-order chi connectivity index (χ1) is 3.27. The molecule has 0 heterocycles.